The van der Waals surface area contributed by atoms with E-state index < -0.39 is 5.54 Å². The number of hydrogen-bond donors (Lipinski definition) is 1. The van der Waals surface area contributed by atoms with E-state index in [0.29, 0.717) is 11.3 Å². The Morgan fingerprint density at radius 1 is 1.50 bits per heavy atom. The van der Waals surface area contributed by atoms with Gasteiger partial charge in [0.25, 0.3) is 0 Å². The molecule has 1 aromatic carbocycles. The highest BCUT2D eigenvalue weighted by Gasteiger charge is 2.43. The molecule has 0 radical (unpaired) electrons. The molecule has 1 aromatic rings. The van der Waals surface area contributed by atoms with Crippen LogP contribution in [-0.2, 0) is 5.54 Å². The Morgan fingerprint density at radius 3 is 2.64 bits per heavy atom. The van der Waals surface area contributed by atoms with Crippen molar-refractivity contribution in [2.45, 2.75) is 18.4 Å². The lowest BCUT2D eigenvalue weighted by Gasteiger charge is -2.15. The molecule has 76 valence electrons. The van der Waals surface area contributed by atoms with Gasteiger partial charge in [-0.05, 0) is 25.0 Å². The molecule has 0 spiro atoms. The molecular weight excluding hydrogens is 205 g/mol. The van der Waals surface area contributed by atoms with E-state index in [1.54, 1.807) is 0 Å². The lowest BCUT2D eigenvalue weighted by atomic mass is 10.0. The molecule has 0 heterocycles. The van der Waals surface area contributed by atoms with Crippen molar-refractivity contribution in [1.29, 1.82) is 0 Å². The summed E-state index contributed by atoms with van der Waals surface area (Å²) in [5.41, 5.74) is 6.21. The Balaban J connectivity index is 2.56. The van der Waals surface area contributed by atoms with E-state index in [0.717, 1.165) is 12.8 Å². The molecule has 1 saturated carbocycles. The highest BCUT2D eigenvalue weighted by atomic mass is 35.5. The second-order valence-electron chi connectivity index (χ2n) is 3.62. The van der Waals surface area contributed by atoms with Crippen molar-refractivity contribution in [2.75, 3.05) is 7.11 Å². The van der Waals surface area contributed by atoms with Gasteiger partial charge in [0.15, 0.2) is 0 Å². The number of methoxy groups -OCH3 is 1. The molecule has 0 aliphatic heterocycles. The quantitative estimate of drug-likeness (QED) is 0.823. The molecule has 2 nitrogen and oxygen atoms in total. The van der Waals surface area contributed by atoms with Crippen molar-refractivity contribution in [3.63, 3.8) is 0 Å². The van der Waals surface area contributed by atoms with Gasteiger partial charge < -0.3 is 10.5 Å². The summed E-state index contributed by atoms with van der Waals surface area (Å²) < 4.78 is 18.2. The van der Waals surface area contributed by atoms with Gasteiger partial charge in [-0.25, -0.2) is 4.39 Å². The Kier molecular flexibility index (Phi) is 2.16. The maximum atomic E-state index is 13.1. The summed E-state index contributed by atoms with van der Waals surface area (Å²) in [5.74, 6) is 0.121. The fourth-order valence-electron chi connectivity index (χ4n) is 1.54. The Bertz CT molecular complexity index is 377. The fraction of sp³-hybridized carbons (Fsp3) is 0.400. The maximum absolute atomic E-state index is 13.1. The minimum absolute atomic E-state index is 0.277. The lowest BCUT2D eigenvalue weighted by molar-refractivity contribution is 0.403. The van der Waals surface area contributed by atoms with Crippen molar-refractivity contribution in [3.8, 4) is 5.75 Å². The van der Waals surface area contributed by atoms with Gasteiger partial charge in [-0.3, -0.25) is 0 Å². The monoisotopic (exact) mass is 215 g/mol. The predicted molar refractivity (Wildman–Crippen MR) is 53.1 cm³/mol. The van der Waals surface area contributed by atoms with Crippen molar-refractivity contribution in [3.05, 3.63) is 28.5 Å². The predicted octanol–water partition coefficient (Wildman–Crippen LogP) is 2.44. The summed E-state index contributed by atoms with van der Waals surface area (Å²) in [6.07, 6.45) is 1.70. The third kappa shape index (κ3) is 1.47. The fourth-order valence-corrected chi connectivity index (χ4v) is 1.82. The van der Waals surface area contributed by atoms with Crippen LogP contribution in [0.3, 0.4) is 0 Å². The number of nitrogens with two attached hydrogens (primary N) is 1. The van der Waals surface area contributed by atoms with E-state index in [-0.39, 0.29) is 10.8 Å². The zero-order valence-corrected chi connectivity index (χ0v) is 8.57. The normalized spacial score (nSPS) is 18.0. The molecule has 14 heavy (non-hydrogen) atoms. The van der Waals surface area contributed by atoms with Crippen molar-refractivity contribution in [1.82, 2.24) is 0 Å². The van der Waals surface area contributed by atoms with Gasteiger partial charge in [-0.15, -0.1) is 0 Å². The Labute approximate surface area is 86.8 Å². The first-order valence-electron chi connectivity index (χ1n) is 4.39. The van der Waals surface area contributed by atoms with Gasteiger partial charge in [0.2, 0.25) is 0 Å². The van der Waals surface area contributed by atoms with Crippen LogP contribution in [0.5, 0.6) is 5.75 Å². The topological polar surface area (TPSA) is 35.2 Å². The average Bonchev–Trinajstić information content (AvgIpc) is 2.84. The van der Waals surface area contributed by atoms with Gasteiger partial charge in [-0.1, -0.05) is 11.6 Å². The van der Waals surface area contributed by atoms with Gasteiger partial charge in [-0.2, -0.15) is 0 Å². The SMILES string of the molecule is COc1c(Cl)cc(F)cc1C1(N)CC1. The molecule has 0 amide bonds. The van der Waals surface area contributed by atoms with Crippen molar-refractivity contribution < 1.29 is 9.13 Å². The molecule has 2 N–H and O–H groups in total. The number of rotatable bonds is 2. The van der Waals surface area contributed by atoms with E-state index in [1.165, 1.54) is 19.2 Å². The first-order chi connectivity index (χ1) is 6.57. The molecule has 0 bridgehead atoms. The number of hydrogen-bond acceptors (Lipinski definition) is 2. The van der Waals surface area contributed by atoms with E-state index in [4.69, 9.17) is 22.1 Å². The van der Waals surface area contributed by atoms with Crippen molar-refractivity contribution in [2.24, 2.45) is 5.73 Å². The van der Waals surface area contributed by atoms with Crippen LogP contribution < -0.4 is 10.5 Å². The maximum Gasteiger partial charge on any atom is 0.142 e. The number of halogens is 2. The summed E-state index contributed by atoms with van der Waals surface area (Å²) >= 11 is 5.85. The second-order valence-corrected chi connectivity index (χ2v) is 4.03. The molecule has 0 saturated heterocycles. The molecule has 1 aliphatic carbocycles. The summed E-state index contributed by atoms with van der Waals surface area (Å²) in [6.45, 7) is 0. The van der Waals surface area contributed by atoms with Gasteiger partial charge in [0, 0.05) is 11.1 Å². The first kappa shape index (κ1) is 9.74. The zero-order valence-electron chi connectivity index (χ0n) is 7.81. The van der Waals surface area contributed by atoms with Gasteiger partial charge in [0.1, 0.15) is 11.6 Å². The molecule has 4 heteroatoms. The van der Waals surface area contributed by atoms with Crippen LogP contribution in [-0.4, -0.2) is 7.11 Å². The molecule has 0 unspecified atom stereocenters. The highest BCUT2D eigenvalue weighted by Crippen LogP contribution is 2.48. The molecular formula is C10H11ClFNO. The number of ether oxygens (including phenoxy) is 1. The Morgan fingerprint density at radius 2 is 2.14 bits per heavy atom. The summed E-state index contributed by atoms with van der Waals surface area (Å²) in [4.78, 5) is 0. The molecule has 1 fully saturated rings. The third-order valence-corrected chi connectivity index (χ3v) is 2.82. The minimum atomic E-state index is -0.433. The standard InChI is InChI=1S/C10H11ClFNO/c1-14-9-7(10(13)2-3-10)4-6(12)5-8(9)11/h4-5H,2-3,13H2,1H3. The molecule has 1 aliphatic rings. The zero-order chi connectivity index (χ0) is 10.3. The van der Waals surface area contributed by atoms with Crippen LogP contribution in [0.15, 0.2) is 12.1 Å². The van der Waals surface area contributed by atoms with Gasteiger partial charge >= 0.3 is 0 Å². The Hall–Kier alpha value is -0.800. The van der Waals surface area contributed by atoms with Crippen LogP contribution in [0.4, 0.5) is 4.39 Å². The average molecular weight is 216 g/mol. The summed E-state index contributed by atoms with van der Waals surface area (Å²) in [7, 11) is 1.51. The minimum Gasteiger partial charge on any atom is -0.495 e. The summed E-state index contributed by atoms with van der Waals surface area (Å²) in [6, 6.07) is 2.63. The number of benzene rings is 1. The first-order valence-corrected chi connectivity index (χ1v) is 4.77. The van der Waals surface area contributed by atoms with E-state index in [2.05, 4.69) is 0 Å². The van der Waals surface area contributed by atoms with Crippen LogP contribution >= 0.6 is 11.6 Å². The van der Waals surface area contributed by atoms with Crippen LogP contribution in [0, 0.1) is 5.82 Å². The van der Waals surface area contributed by atoms with E-state index in [1.807, 2.05) is 0 Å². The van der Waals surface area contributed by atoms with Crippen LogP contribution in [0.2, 0.25) is 5.02 Å². The lowest BCUT2D eigenvalue weighted by Crippen LogP contribution is -2.20. The van der Waals surface area contributed by atoms with E-state index in [9.17, 15) is 4.39 Å². The van der Waals surface area contributed by atoms with Gasteiger partial charge in [0.05, 0.1) is 12.1 Å². The van der Waals surface area contributed by atoms with Crippen LogP contribution in [0.1, 0.15) is 18.4 Å². The summed E-state index contributed by atoms with van der Waals surface area (Å²) in [5, 5.41) is 0.277. The molecule has 2 rings (SSSR count). The third-order valence-electron chi connectivity index (χ3n) is 2.54. The molecule has 0 aromatic heterocycles. The largest absolute Gasteiger partial charge is 0.495 e. The van der Waals surface area contributed by atoms with Crippen molar-refractivity contribution >= 4 is 11.6 Å². The highest BCUT2D eigenvalue weighted by molar-refractivity contribution is 6.32. The van der Waals surface area contributed by atoms with Crippen LogP contribution in [0.25, 0.3) is 0 Å². The smallest absolute Gasteiger partial charge is 0.142 e. The second kappa shape index (κ2) is 3.11. The molecule has 0 atom stereocenters. The van der Waals surface area contributed by atoms with E-state index >= 15 is 0 Å².